The Morgan fingerprint density at radius 2 is 1.78 bits per heavy atom. The molecular weight excluding hydrogens is 310 g/mol. The number of rotatable bonds is 2. The fourth-order valence-electron chi connectivity index (χ4n) is 1.74. The topological polar surface area (TPSA) is 29.1 Å². The van der Waals surface area contributed by atoms with Crippen molar-refractivity contribution < 1.29 is 22.4 Å². The van der Waals surface area contributed by atoms with Crippen LogP contribution in [-0.4, -0.2) is 12.5 Å². The molecule has 0 saturated heterocycles. The Morgan fingerprint density at radius 1 is 1.09 bits per heavy atom. The summed E-state index contributed by atoms with van der Waals surface area (Å²) in [6.07, 6.45) is -4.50. The number of alkyl halides is 3. The van der Waals surface area contributed by atoms with Crippen molar-refractivity contribution in [1.82, 2.24) is 5.32 Å². The van der Waals surface area contributed by atoms with E-state index in [9.17, 15) is 22.4 Å². The smallest absolute Gasteiger partial charge is 0.341 e. The van der Waals surface area contributed by atoms with Crippen LogP contribution in [0.5, 0.6) is 0 Å². The predicted molar refractivity (Wildman–Crippen MR) is 77.1 cm³/mol. The van der Waals surface area contributed by atoms with Crippen molar-refractivity contribution in [2.75, 3.05) is 6.54 Å². The predicted octanol–water partition coefficient (Wildman–Crippen LogP) is 3.63. The number of hydrogen-bond acceptors (Lipinski definition) is 1. The van der Waals surface area contributed by atoms with Crippen molar-refractivity contribution in [1.29, 1.82) is 0 Å². The van der Waals surface area contributed by atoms with Crippen molar-refractivity contribution >= 4 is 5.91 Å². The van der Waals surface area contributed by atoms with E-state index in [4.69, 9.17) is 0 Å². The minimum absolute atomic E-state index is 0.0353. The Labute approximate surface area is 130 Å². The van der Waals surface area contributed by atoms with Crippen molar-refractivity contribution in [2.45, 2.75) is 6.18 Å². The zero-order valence-corrected chi connectivity index (χ0v) is 11.7. The van der Waals surface area contributed by atoms with Gasteiger partial charge in [-0.2, -0.15) is 13.2 Å². The highest BCUT2D eigenvalue weighted by molar-refractivity contribution is 5.94. The second-order valence-corrected chi connectivity index (χ2v) is 4.57. The number of carbonyl (C=O) groups is 1. The maximum absolute atomic E-state index is 12.7. The molecule has 0 spiro atoms. The first-order chi connectivity index (χ1) is 10.9. The van der Waals surface area contributed by atoms with Crippen LogP contribution in [0.4, 0.5) is 17.6 Å². The fraction of sp³-hybridized carbons (Fsp3) is 0.118. The molecule has 118 valence electrons. The van der Waals surface area contributed by atoms with Gasteiger partial charge in [0.15, 0.2) is 0 Å². The van der Waals surface area contributed by atoms with Crippen LogP contribution in [0.1, 0.15) is 21.5 Å². The molecule has 6 heteroatoms. The molecule has 2 nitrogen and oxygen atoms in total. The molecule has 0 unspecified atom stereocenters. The molecule has 0 aromatic heterocycles. The van der Waals surface area contributed by atoms with Gasteiger partial charge < -0.3 is 5.32 Å². The molecule has 0 aliphatic carbocycles. The lowest BCUT2D eigenvalue weighted by Gasteiger charge is -2.08. The molecule has 0 bridgehead atoms. The van der Waals surface area contributed by atoms with Gasteiger partial charge in [-0.05, 0) is 42.5 Å². The van der Waals surface area contributed by atoms with Gasteiger partial charge in [-0.1, -0.05) is 17.9 Å². The van der Waals surface area contributed by atoms with Gasteiger partial charge in [0.2, 0.25) is 0 Å². The van der Waals surface area contributed by atoms with Gasteiger partial charge in [0.25, 0.3) is 5.91 Å². The summed E-state index contributed by atoms with van der Waals surface area (Å²) >= 11 is 0. The van der Waals surface area contributed by atoms with Gasteiger partial charge in [-0.25, -0.2) is 4.39 Å². The first kappa shape index (κ1) is 16.6. The number of hydrogen-bond donors (Lipinski definition) is 1. The zero-order valence-electron chi connectivity index (χ0n) is 11.7. The van der Waals surface area contributed by atoms with E-state index in [1.807, 2.05) is 0 Å². The Balaban J connectivity index is 1.97. The normalized spacial score (nSPS) is 10.6. The Bertz CT molecular complexity index is 755. The van der Waals surface area contributed by atoms with Crippen molar-refractivity contribution in [3.8, 4) is 11.8 Å². The van der Waals surface area contributed by atoms with E-state index in [0.29, 0.717) is 5.56 Å². The van der Waals surface area contributed by atoms with E-state index in [2.05, 4.69) is 17.2 Å². The lowest BCUT2D eigenvalue weighted by molar-refractivity contribution is -0.137. The second-order valence-electron chi connectivity index (χ2n) is 4.57. The van der Waals surface area contributed by atoms with Gasteiger partial charge in [0, 0.05) is 11.1 Å². The van der Waals surface area contributed by atoms with E-state index in [1.165, 1.54) is 36.4 Å². The van der Waals surface area contributed by atoms with E-state index in [0.717, 1.165) is 12.1 Å². The summed E-state index contributed by atoms with van der Waals surface area (Å²) in [6.45, 7) is -0.0353. The number of carbonyl (C=O) groups excluding carboxylic acids is 1. The zero-order chi connectivity index (χ0) is 16.9. The van der Waals surface area contributed by atoms with Crippen molar-refractivity contribution in [3.05, 3.63) is 71.0 Å². The molecule has 1 amide bonds. The fourth-order valence-corrected chi connectivity index (χ4v) is 1.74. The first-order valence-corrected chi connectivity index (χ1v) is 6.56. The molecule has 1 N–H and O–H groups in total. The van der Waals surface area contributed by atoms with Gasteiger partial charge in [0.1, 0.15) is 5.82 Å². The molecule has 2 aromatic carbocycles. The minimum Gasteiger partial charge on any atom is -0.341 e. The molecule has 0 aliphatic rings. The second kappa shape index (κ2) is 6.97. The SMILES string of the molecule is O=C(NCC#Cc1ccc(F)cc1)c1cccc(C(F)(F)F)c1. The summed E-state index contributed by atoms with van der Waals surface area (Å²) in [6, 6.07) is 9.61. The van der Waals surface area contributed by atoms with Crippen molar-refractivity contribution in [3.63, 3.8) is 0 Å². The standard InChI is InChI=1S/C17H11F4NO/c18-15-8-6-12(7-9-15)3-2-10-22-16(23)13-4-1-5-14(11-13)17(19,20)21/h1,4-9,11H,10H2,(H,22,23). The molecular formula is C17H11F4NO. The quantitative estimate of drug-likeness (QED) is 0.664. The molecule has 0 radical (unpaired) electrons. The maximum Gasteiger partial charge on any atom is 0.416 e. The van der Waals surface area contributed by atoms with E-state index < -0.39 is 17.6 Å². The molecule has 23 heavy (non-hydrogen) atoms. The van der Waals surface area contributed by atoms with E-state index >= 15 is 0 Å². The molecule has 0 aliphatic heterocycles. The monoisotopic (exact) mass is 321 g/mol. The van der Waals surface area contributed by atoms with Crippen LogP contribution in [0.2, 0.25) is 0 Å². The number of amides is 1. The van der Waals surface area contributed by atoms with Gasteiger partial charge in [-0.3, -0.25) is 4.79 Å². The Kier molecular flexibility index (Phi) is 5.02. The van der Waals surface area contributed by atoms with Gasteiger partial charge in [0.05, 0.1) is 12.1 Å². The first-order valence-electron chi connectivity index (χ1n) is 6.56. The van der Waals surface area contributed by atoms with Gasteiger partial charge in [-0.15, -0.1) is 0 Å². The summed E-state index contributed by atoms with van der Waals surface area (Å²) in [5, 5.41) is 2.41. The molecule has 2 rings (SSSR count). The largest absolute Gasteiger partial charge is 0.416 e. The third-order valence-electron chi connectivity index (χ3n) is 2.87. The average Bonchev–Trinajstić information content (AvgIpc) is 2.52. The summed E-state index contributed by atoms with van der Waals surface area (Å²) in [5.74, 6) is 4.31. The van der Waals surface area contributed by atoms with Crippen LogP contribution in [-0.2, 0) is 6.18 Å². The van der Waals surface area contributed by atoms with Crippen LogP contribution < -0.4 is 5.32 Å². The Morgan fingerprint density at radius 3 is 2.43 bits per heavy atom. The third-order valence-corrected chi connectivity index (χ3v) is 2.87. The van der Waals surface area contributed by atoms with Crippen molar-refractivity contribution in [2.24, 2.45) is 0 Å². The lowest BCUT2D eigenvalue weighted by atomic mass is 10.1. The average molecular weight is 321 g/mol. The lowest BCUT2D eigenvalue weighted by Crippen LogP contribution is -2.24. The summed E-state index contributed by atoms with van der Waals surface area (Å²) < 4.78 is 50.4. The highest BCUT2D eigenvalue weighted by Gasteiger charge is 2.30. The number of halogens is 4. The van der Waals surface area contributed by atoms with Crippen LogP contribution >= 0.6 is 0 Å². The molecule has 0 saturated carbocycles. The molecule has 0 fully saturated rings. The van der Waals surface area contributed by atoms with E-state index in [1.54, 1.807) is 0 Å². The number of benzene rings is 2. The van der Waals surface area contributed by atoms with Crippen LogP contribution in [0.25, 0.3) is 0 Å². The van der Waals surface area contributed by atoms with Gasteiger partial charge >= 0.3 is 6.18 Å². The van der Waals surface area contributed by atoms with Crippen LogP contribution in [0.3, 0.4) is 0 Å². The molecule has 0 atom stereocenters. The Hall–Kier alpha value is -2.81. The van der Waals surface area contributed by atoms with Crippen LogP contribution in [0.15, 0.2) is 48.5 Å². The number of nitrogens with one attached hydrogen (secondary N) is 1. The maximum atomic E-state index is 12.7. The van der Waals surface area contributed by atoms with E-state index in [-0.39, 0.29) is 17.9 Å². The molecule has 0 heterocycles. The molecule has 2 aromatic rings. The highest BCUT2D eigenvalue weighted by atomic mass is 19.4. The summed E-state index contributed by atoms with van der Waals surface area (Å²) in [7, 11) is 0. The third kappa shape index (κ3) is 4.85. The summed E-state index contributed by atoms with van der Waals surface area (Å²) in [5.41, 5.74) is -0.411. The minimum atomic E-state index is -4.50. The highest BCUT2D eigenvalue weighted by Crippen LogP contribution is 2.29. The van der Waals surface area contributed by atoms with Crippen LogP contribution in [0, 0.1) is 17.7 Å². The summed E-state index contributed by atoms with van der Waals surface area (Å²) in [4.78, 5) is 11.8.